The molecular formula is C9H14O3. The van der Waals surface area contributed by atoms with Gasteiger partial charge in [0, 0.05) is 0 Å². The third-order valence-corrected chi connectivity index (χ3v) is 1.61. The van der Waals surface area contributed by atoms with Crippen LogP contribution in [0.4, 0.5) is 0 Å². The fraction of sp³-hybridized carbons (Fsp3) is 0.667. The molecule has 3 nitrogen and oxygen atoms in total. The first-order valence-electron chi connectivity index (χ1n) is 4.28. The minimum atomic E-state index is -0.340. The molecule has 0 spiro atoms. The number of epoxide rings is 1. The Labute approximate surface area is 72.4 Å². The summed E-state index contributed by atoms with van der Waals surface area (Å²) < 4.78 is 9.85. The van der Waals surface area contributed by atoms with Gasteiger partial charge in [-0.15, -0.1) is 0 Å². The quantitative estimate of drug-likeness (QED) is 0.362. The lowest BCUT2D eigenvalue weighted by Gasteiger charge is -1.94. The Bertz CT molecular complexity index is 186. The molecule has 0 aliphatic carbocycles. The molecule has 2 unspecified atom stereocenters. The molecule has 1 aliphatic heterocycles. The molecule has 0 N–H and O–H groups in total. The fourth-order valence-electron chi connectivity index (χ4n) is 0.954. The number of rotatable bonds is 4. The molecule has 1 heterocycles. The molecule has 12 heavy (non-hydrogen) atoms. The molecule has 0 aromatic rings. The summed E-state index contributed by atoms with van der Waals surface area (Å²) in [4.78, 5) is 11.0. The predicted octanol–water partition coefficient (Wildman–Crippen LogP) is 1.28. The van der Waals surface area contributed by atoms with Crippen molar-refractivity contribution in [1.82, 2.24) is 0 Å². The lowest BCUT2D eigenvalue weighted by molar-refractivity contribution is -0.144. The van der Waals surface area contributed by atoms with Crippen LogP contribution in [0, 0.1) is 0 Å². The zero-order valence-corrected chi connectivity index (χ0v) is 7.45. The van der Waals surface area contributed by atoms with Crippen molar-refractivity contribution in [3.63, 3.8) is 0 Å². The van der Waals surface area contributed by atoms with E-state index in [0.717, 1.165) is 6.42 Å². The highest BCUT2D eigenvalue weighted by atomic mass is 16.6. The van der Waals surface area contributed by atoms with Crippen molar-refractivity contribution in [1.29, 1.82) is 0 Å². The Hall–Kier alpha value is -0.830. The highest BCUT2D eigenvalue weighted by molar-refractivity contribution is 5.78. The van der Waals surface area contributed by atoms with Gasteiger partial charge in [0.05, 0.1) is 6.61 Å². The van der Waals surface area contributed by atoms with Gasteiger partial charge in [-0.3, -0.25) is 0 Å². The molecule has 3 heteroatoms. The highest BCUT2D eigenvalue weighted by Crippen LogP contribution is 2.24. The number of carbonyl (C=O) groups excluding carboxylic acids is 1. The van der Waals surface area contributed by atoms with Crippen molar-refractivity contribution >= 4 is 5.97 Å². The molecule has 68 valence electrons. The highest BCUT2D eigenvalue weighted by Gasteiger charge is 2.44. The third kappa shape index (κ3) is 2.34. The minimum Gasteiger partial charge on any atom is -0.464 e. The summed E-state index contributed by atoms with van der Waals surface area (Å²) in [5.74, 6) is -0.247. The van der Waals surface area contributed by atoms with E-state index in [1.165, 1.54) is 0 Å². The van der Waals surface area contributed by atoms with E-state index in [2.05, 4.69) is 0 Å². The standard InChI is InChI=1S/C9H14O3/c1-3-5-6-7-8(12-7)9(10)11-4-2/h5-8H,3-4H2,1-2H3/b6-5+. The molecule has 2 atom stereocenters. The van der Waals surface area contributed by atoms with Crippen LogP contribution in [0.15, 0.2) is 12.2 Å². The third-order valence-electron chi connectivity index (χ3n) is 1.61. The fourth-order valence-corrected chi connectivity index (χ4v) is 0.954. The van der Waals surface area contributed by atoms with Crippen molar-refractivity contribution in [2.45, 2.75) is 32.5 Å². The molecule has 0 aromatic carbocycles. The molecule has 1 saturated heterocycles. The maximum Gasteiger partial charge on any atom is 0.338 e. The van der Waals surface area contributed by atoms with Gasteiger partial charge in [-0.25, -0.2) is 4.79 Å². The Morgan fingerprint density at radius 3 is 2.92 bits per heavy atom. The second kappa shape index (κ2) is 4.26. The first kappa shape index (κ1) is 9.26. The normalized spacial score (nSPS) is 27.5. The molecule has 0 bridgehead atoms. The van der Waals surface area contributed by atoms with Crippen LogP contribution in [-0.4, -0.2) is 24.8 Å². The van der Waals surface area contributed by atoms with Crippen LogP contribution in [0.5, 0.6) is 0 Å². The number of carbonyl (C=O) groups is 1. The summed E-state index contributed by atoms with van der Waals surface area (Å²) in [6, 6.07) is 0. The summed E-state index contributed by atoms with van der Waals surface area (Å²) in [6.07, 6.45) is 4.48. The monoisotopic (exact) mass is 170 g/mol. The zero-order valence-electron chi connectivity index (χ0n) is 7.45. The van der Waals surface area contributed by atoms with E-state index >= 15 is 0 Å². The van der Waals surface area contributed by atoms with Crippen molar-refractivity contribution in [2.24, 2.45) is 0 Å². The van der Waals surface area contributed by atoms with Crippen LogP contribution in [0.3, 0.4) is 0 Å². The van der Waals surface area contributed by atoms with Gasteiger partial charge in [0.15, 0.2) is 6.10 Å². The maximum atomic E-state index is 11.0. The van der Waals surface area contributed by atoms with E-state index in [0.29, 0.717) is 6.61 Å². The van der Waals surface area contributed by atoms with E-state index < -0.39 is 0 Å². The Morgan fingerprint density at radius 1 is 1.58 bits per heavy atom. The Kier molecular flexibility index (Phi) is 3.29. The van der Waals surface area contributed by atoms with E-state index in [1.54, 1.807) is 6.92 Å². The molecule has 1 rings (SSSR count). The van der Waals surface area contributed by atoms with Crippen molar-refractivity contribution in [2.75, 3.05) is 6.61 Å². The van der Waals surface area contributed by atoms with Gasteiger partial charge in [-0.1, -0.05) is 19.1 Å². The second-order valence-electron chi connectivity index (χ2n) is 2.61. The molecule has 1 fully saturated rings. The molecular weight excluding hydrogens is 156 g/mol. The number of hydrogen-bond donors (Lipinski definition) is 0. The van der Waals surface area contributed by atoms with Crippen LogP contribution >= 0.6 is 0 Å². The van der Waals surface area contributed by atoms with Crippen LogP contribution in [-0.2, 0) is 14.3 Å². The first-order chi connectivity index (χ1) is 5.79. The van der Waals surface area contributed by atoms with Crippen LogP contribution < -0.4 is 0 Å². The lowest BCUT2D eigenvalue weighted by atomic mass is 10.3. The molecule has 1 aliphatic rings. The number of hydrogen-bond acceptors (Lipinski definition) is 3. The summed E-state index contributed by atoms with van der Waals surface area (Å²) in [6.45, 7) is 4.25. The summed E-state index contributed by atoms with van der Waals surface area (Å²) >= 11 is 0. The van der Waals surface area contributed by atoms with Gasteiger partial charge in [0.1, 0.15) is 6.10 Å². The van der Waals surface area contributed by atoms with E-state index in [1.807, 2.05) is 19.1 Å². The summed E-state index contributed by atoms with van der Waals surface area (Å²) in [5, 5.41) is 0. The predicted molar refractivity (Wildman–Crippen MR) is 44.7 cm³/mol. The Morgan fingerprint density at radius 2 is 2.33 bits per heavy atom. The van der Waals surface area contributed by atoms with Crippen LogP contribution in [0.25, 0.3) is 0 Å². The molecule has 0 radical (unpaired) electrons. The molecule has 0 amide bonds. The van der Waals surface area contributed by atoms with Crippen molar-refractivity contribution in [3.8, 4) is 0 Å². The van der Waals surface area contributed by atoms with Crippen LogP contribution in [0.2, 0.25) is 0 Å². The largest absolute Gasteiger partial charge is 0.464 e. The van der Waals surface area contributed by atoms with Gasteiger partial charge < -0.3 is 9.47 Å². The van der Waals surface area contributed by atoms with E-state index in [-0.39, 0.29) is 18.2 Å². The number of ether oxygens (including phenoxy) is 2. The topological polar surface area (TPSA) is 38.8 Å². The van der Waals surface area contributed by atoms with Gasteiger partial charge in [-0.05, 0) is 13.3 Å². The van der Waals surface area contributed by atoms with Crippen LogP contribution in [0.1, 0.15) is 20.3 Å². The van der Waals surface area contributed by atoms with Crippen molar-refractivity contribution in [3.05, 3.63) is 12.2 Å². The number of allylic oxidation sites excluding steroid dienone is 1. The van der Waals surface area contributed by atoms with Gasteiger partial charge >= 0.3 is 5.97 Å². The lowest BCUT2D eigenvalue weighted by Crippen LogP contribution is -2.12. The number of esters is 1. The maximum absolute atomic E-state index is 11.0. The minimum absolute atomic E-state index is 0.0380. The zero-order chi connectivity index (χ0) is 8.97. The SMILES string of the molecule is CC/C=C/C1OC1C(=O)OCC. The summed E-state index contributed by atoms with van der Waals surface area (Å²) in [5.41, 5.74) is 0. The van der Waals surface area contributed by atoms with Gasteiger partial charge in [0.25, 0.3) is 0 Å². The van der Waals surface area contributed by atoms with E-state index in [9.17, 15) is 4.79 Å². The second-order valence-corrected chi connectivity index (χ2v) is 2.61. The average molecular weight is 170 g/mol. The molecule has 0 saturated carbocycles. The average Bonchev–Trinajstić information content (AvgIpc) is 2.80. The molecule has 0 aromatic heterocycles. The van der Waals surface area contributed by atoms with Crippen molar-refractivity contribution < 1.29 is 14.3 Å². The van der Waals surface area contributed by atoms with Gasteiger partial charge in [0.2, 0.25) is 0 Å². The van der Waals surface area contributed by atoms with Gasteiger partial charge in [-0.2, -0.15) is 0 Å². The van der Waals surface area contributed by atoms with E-state index in [4.69, 9.17) is 9.47 Å². The summed E-state index contributed by atoms with van der Waals surface area (Å²) in [7, 11) is 0. The first-order valence-corrected chi connectivity index (χ1v) is 4.28. The Balaban J connectivity index is 2.23. The smallest absolute Gasteiger partial charge is 0.338 e.